The molecule has 0 saturated carbocycles. The standard InChI is InChI=1S/C11H13IO2/c1-3-8-4-5-10-9(6-8)12(2)11(13)7-14-10/h4-6H,3,7H2,1-2H3. The third-order valence-corrected chi connectivity index (χ3v) is 7.07. The molecule has 0 unspecified atom stereocenters. The van der Waals surface area contributed by atoms with Gasteiger partial charge in [-0.25, -0.2) is 0 Å². The second-order valence-corrected chi connectivity index (χ2v) is 8.30. The van der Waals surface area contributed by atoms with Crippen molar-refractivity contribution in [2.75, 3.05) is 11.5 Å². The Balaban J connectivity index is 2.46. The Morgan fingerprint density at radius 1 is 1.50 bits per heavy atom. The first-order valence-corrected chi connectivity index (χ1v) is 8.92. The van der Waals surface area contributed by atoms with E-state index in [0.29, 0.717) is 10.4 Å². The Labute approximate surface area is 91.0 Å². The van der Waals surface area contributed by atoms with Crippen molar-refractivity contribution < 1.29 is 9.53 Å². The van der Waals surface area contributed by atoms with E-state index in [4.69, 9.17) is 4.74 Å². The number of carbonyl (C=O) groups excluding carboxylic acids is 1. The van der Waals surface area contributed by atoms with Crippen molar-refractivity contribution in [1.29, 1.82) is 0 Å². The first kappa shape index (κ1) is 9.96. The van der Waals surface area contributed by atoms with Gasteiger partial charge in [0.2, 0.25) is 0 Å². The molecule has 1 aliphatic heterocycles. The fourth-order valence-corrected chi connectivity index (χ4v) is 4.70. The molecule has 2 rings (SSSR count). The Morgan fingerprint density at radius 2 is 2.29 bits per heavy atom. The van der Waals surface area contributed by atoms with E-state index in [0.717, 1.165) is 12.2 Å². The molecule has 0 atom stereocenters. The quantitative estimate of drug-likeness (QED) is 0.453. The van der Waals surface area contributed by atoms with Gasteiger partial charge in [0, 0.05) is 0 Å². The molecule has 0 amide bonds. The maximum absolute atomic E-state index is 11.5. The second-order valence-electron chi connectivity index (χ2n) is 3.23. The molecule has 0 fully saturated rings. The molecule has 1 aromatic carbocycles. The van der Waals surface area contributed by atoms with Crippen LogP contribution in [0.5, 0.6) is 5.75 Å². The average molecular weight is 304 g/mol. The van der Waals surface area contributed by atoms with Crippen molar-refractivity contribution in [2.45, 2.75) is 13.3 Å². The zero-order valence-corrected chi connectivity index (χ0v) is 10.5. The van der Waals surface area contributed by atoms with Crippen LogP contribution < -0.4 is 4.74 Å². The van der Waals surface area contributed by atoms with Crippen molar-refractivity contribution >= 4 is 23.6 Å². The van der Waals surface area contributed by atoms with Crippen LogP contribution in [0.15, 0.2) is 18.2 Å². The number of halogens is 1. The molecule has 14 heavy (non-hydrogen) atoms. The topological polar surface area (TPSA) is 26.3 Å². The minimum absolute atomic E-state index is 0.291. The summed E-state index contributed by atoms with van der Waals surface area (Å²) in [5.74, 6) is 0.939. The number of fused-ring (bicyclic) bond motifs is 1. The number of hydrogen-bond acceptors (Lipinski definition) is 2. The Hall–Kier alpha value is -0.580. The van der Waals surface area contributed by atoms with Crippen molar-refractivity contribution in [3.63, 3.8) is 0 Å². The van der Waals surface area contributed by atoms with Gasteiger partial charge in [-0.2, -0.15) is 0 Å². The first-order valence-electron chi connectivity index (χ1n) is 4.61. The van der Waals surface area contributed by atoms with E-state index in [2.05, 4.69) is 24.0 Å². The van der Waals surface area contributed by atoms with Gasteiger partial charge in [-0.05, 0) is 0 Å². The molecule has 0 bridgehead atoms. The van der Waals surface area contributed by atoms with Gasteiger partial charge in [0.15, 0.2) is 0 Å². The molecule has 2 nitrogen and oxygen atoms in total. The van der Waals surface area contributed by atoms with Crippen molar-refractivity contribution in [3.8, 4) is 5.75 Å². The van der Waals surface area contributed by atoms with Crippen LogP contribution in [-0.4, -0.2) is 15.3 Å². The molecule has 1 aromatic rings. The predicted molar refractivity (Wildman–Crippen MR) is 65.0 cm³/mol. The van der Waals surface area contributed by atoms with Crippen LogP contribution in [0.4, 0.5) is 0 Å². The molecule has 0 spiro atoms. The average Bonchev–Trinajstić information content (AvgIpc) is 2.23. The molecule has 1 aliphatic rings. The number of carbonyl (C=O) groups is 1. The number of hydrogen-bond donors (Lipinski definition) is 0. The Bertz CT molecular complexity index is 374. The normalized spacial score (nSPS) is 17.6. The van der Waals surface area contributed by atoms with Gasteiger partial charge in [0.25, 0.3) is 0 Å². The number of ether oxygens (including phenoxy) is 1. The van der Waals surface area contributed by atoms with Gasteiger partial charge in [-0.15, -0.1) is 0 Å². The van der Waals surface area contributed by atoms with Crippen molar-refractivity contribution in [1.82, 2.24) is 0 Å². The van der Waals surface area contributed by atoms with Gasteiger partial charge in [-0.1, -0.05) is 0 Å². The van der Waals surface area contributed by atoms with Crippen molar-refractivity contribution in [3.05, 3.63) is 27.3 Å². The van der Waals surface area contributed by atoms with Gasteiger partial charge < -0.3 is 0 Å². The maximum atomic E-state index is 11.5. The molecule has 1 heterocycles. The number of rotatable bonds is 1. The number of alkyl halides is 1. The predicted octanol–water partition coefficient (Wildman–Crippen LogP) is 2.47. The summed E-state index contributed by atoms with van der Waals surface area (Å²) >= 11 is -1.57. The van der Waals surface area contributed by atoms with E-state index < -0.39 is 19.8 Å². The van der Waals surface area contributed by atoms with E-state index in [1.807, 2.05) is 6.07 Å². The van der Waals surface area contributed by atoms with Crippen LogP contribution in [0.3, 0.4) is 0 Å². The number of aryl methyl sites for hydroxylation is 1. The van der Waals surface area contributed by atoms with Crippen LogP contribution in [-0.2, 0) is 11.2 Å². The zero-order valence-electron chi connectivity index (χ0n) is 8.34. The Morgan fingerprint density at radius 3 is 3.00 bits per heavy atom. The van der Waals surface area contributed by atoms with Crippen molar-refractivity contribution in [2.24, 2.45) is 0 Å². The summed E-state index contributed by atoms with van der Waals surface area (Å²) in [5, 5.41) is 0. The molecule has 0 aromatic heterocycles. The van der Waals surface area contributed by atoms with Gasteiger partial charge in [0.05, 0.1) is 0 Å². The summed E-state index contributed by atoms with van der Waals surface area (Å²) < 4.78 is 6.92. The summed E-state index contributed by atoms with van der Waals surface area (Å²) in [6, 6.07) is 6.24. The fourth-order valence-electron chi connectivity index (χ4n) is 1.43. The van der Waals surface area contributed by atoms with Gasteiger partial charge >= 0.3 is 91.1 Å². The van der Waals surface area contributed by atoms with Crippen LogP contribution in [0.1, 0.15) is 12.5 Å². The second kappa shape index (κ2) is 3.88. The van der Waals surface area contributed by atoms with E-state index in [-0.39, 0.29) is 0 Å². The fraction of sp³-hybridized carbons (Fsp3) is 0.364. The Kier molecular flexibility index (Phi) is 2.76. The van der Waals surface area contributed by atoms with Gasteiger partial charge in [0.1, 0.15) is 0 Å². The summed E-state index contributed by atoms with van der Waals surface area (Å²) in [7, 11) is 0. The summed E-state index contributed by atoms with van der Waals surface area (Å²) in [5.41, 5.74) is 1.30. The summed E-state index contributed by atoms with van der Waals surface area (Å²) in [6.07, 6.45) is 1.02. The third kappa shape index (κ3) is 1.65. The monoisotopic (exact) mass is 304 g/mol. The van der Waals surface area contributed by atoms with Crippen LogP contribution in [0.25, 0.3) is 0 Å². The van der Waals surface area contributed by atoms with Gasteiger partial charge in [-0.3, -0.25) is 0 Å². The molecule has 3 heteroatoms. The summed E-state index contributed by atoms with van der Waals surface area (Å²) in [6.45, 7) is 2.42. The minimum atomic E-state index is -1.57. The van der Waals surface area contributed by atoms with E-state index in [1.54, 1.807) is 0 Å². The zero-order chi connectivity index (χ0) is 10.1. The van der Waals surface area contributed by atoms with E-state index in [9.17, 15) is 4.79 Å². The SMILES string of the molecule is CCc1ccc2c(c1)I(C)C(=O)CO2. The molecule has 76 valence electrons. The first-order chi connectivity index (χ1) is 6.72. The third-order valence-electron chi connectivity index (χ3n) is 2.37. The van der Waals surface area contributed by atoms with Crippen LogP contribution in [0, 0.1) is 3.57 Å². The van der Waals surface area contributed by atoms with Crippen LogP contribution >= 0.6 is 19.8 Å². The number of benzene rings is 1. The molecule has 0 radical (unpaired) electrons. The van der Waals surface area contributed by atoms with E-state index in [1.165, 1.54) is 9.13 Å². The molecule has 0 N–H and O–H groups in total. The van der Waals surface area contributed by atoms with E-state index >= 15 is 0 Å². The summed E-state index contributed by atoms with van der Waals surface area (Å²) in [4.78, 5) is 13.6. The molecule has 0 aliphatic carbocycles. The van der Waals surface area contributed by atoms with Crippen LogP contribution in [0.2, 0.25) is 0 Å². The molecular weight excluding hydrogens is 291 g/mol. The molecule has 0 saturated heterocycles. The molecular formula is C11H13IO2.